The van der Waals surface area contributed by atoms with Crippen molar-refractivity contribution in [3.63, 3.8) is 0 Å². The lowest BCUT2D eigenvalue weighted by Gasteiger charge is -2.07. The van der Waals surface area contributed by atoms with Crippen LogP contribution in [0.1, 0.15) is 11.1 Å². The molecule has 0 spiro atoms. The molecular weight excluding hydrogens is 304 g/mol. The van der Waals surface area contributed by atoms with Crippen LogP contribution < -0.4 is 5.56 Å². The number of benzene rings is 1. The molecule has 4 rings (SSSR count). The molecule has 0 radical (unpaired) electrons. The summed E-state index contributed by atoms with van der Waals surface area (Å²) in [5.41, 5.74) is 3.21. The van der Waals surface area contributed by atoms with Crippen molar-refractivity contribution in [2.75, 3.05) is 0 Å². The SMILES string of the molecule is Cc1ccccc1Cn1cnc2oc(-c3ccncc3)nc2c1=O. The largest absolute Gasteiger partial charge is 0.417 e. The molecule has 118 valence electrons. The zero-order chi connectivity index (χ0) is 16.5. The first-order valence-electron chi connectivity index (χ1n) is 7.53. The highest BCUT2D eigenvalue weighted by Crippen LogP contribution is 2.20. The van der Waals surface area contributed by atoms with Crippen molar-refractivity contribution in [1.82, 2.24) is 19.5 Å². The number of hydrogen-bond acceptors (Lipinski definition) is 5. The summed E-state index contributed by atoms with van der Waals surface area (Å²) in [4.78, 5) is 25.2. The minimum absolute atomic E-state index is 0.215. The zero-order valence-electron chi connectivity index (χ0n) is 13.0. The molecule has 1 aromatic carbocycles. The molecule has 0 aliphatic rings. The maximum absolute atomic E-state index is 12.7. The molecule has 0 aliphatic heterocycles. The van der Waals surface area contributed by atoms with Crippen LogP contribution in [0, 0.1) is 6.92 Å². The Bertz CT molecular complexity index is 1070. The fraction of sp³-hybridized carbons (Fsp3) is 0.111. The first-order chi connectivity index (χ1) is 11.7. The van der Waals surface area contributed by atoms with Gasteiger partial charge in [0.15, 0.2) is 5.52 Å². The molecule has 0 amide bonds. The molecule has 0 N–H and O–H groups in total. The average Bonchev–Trinajstić information content (AvgIpc) is 3.05. The molecule has 3 heterocycles. The van der Waals surface area contributed by atoms with Gasteiger partial charge in [-0.3, -0.25) is 14.3 Å². The fourth-order valence-corrected chi connectivity index (χ4v) is 2.55. The lowest BCUT2D eigenvalue weighted by molar-refractivity contribution is 0.603. The second kappa shape index (κ2) is 5.73. The maximum Gasteiger partial charge on any atom is 0.283 e. The first kappa shape index (κ1) is 14.3. The number of aromatic nitrogens is 4. The van der Waals surface area contributed by atoms with E-state index in [9.17, 15) is 4.79 Å². The Hall–Kier alpha value is -3.28. The third-order valence-corrected chi connectivity index (χ3v) is 3.92. The fourth-order valence-electron chi connectivity index (χ4n) is 2.55. The van der Waals surface area contributed by atoms with Gasteiger partial charge in [0.1, 0.15) is 6.33 Å². The molecule has 0 saturated heterocycles. The van der Waals surface area contributed by atoms with Gasteiger partial charge in [-0.2, -0.15) is 0 Å². The quantitative estimate of drug-likeness (QED) is 0.581. The van der Waals surface area contributed by atoms with Gasteiger partial charge in [-0.05, 0) is 30.2 Å². The minimum atomic E-state index is -0.215. The van der Waals surface area contributed by atoms with E-state index in [1.54, 1.807) is 29.1 Å². The maximum atomic E-state index is 12.7. The topological polar surface area (TPSA) is 73.8 Å². The van der Waals surface area contributed by atoms with Crippen LogP contribution in [0.25, 0.3) is 22.7 Å². The normalized spacial score (nSPS) is 11.0. The summed E-state index contributed by atoms with van der Waals surface area (Å²) >= 11 is 0. The highest BCUT2D eigenvalue weighted by atomic mass is 16.4. The molecule has 4 aromatic rings. The Balaban J connectivity index is 1.78. The van der Waals surface area contributed by atoms with Gasteiger partial charge >= 0.3 is 0 Å². The molecule has 24 heavy (non-hydrogen) atoms. The van der Waals surface area contributed by atoms with Gasteiger partial charge in [0, 0.05) is 18.0 Å². The first-order valence-corrected chi connectivity index (χ1v) is 7.53. The Labute approximate surface area is 137 Å². The second-order valence-electron chi connectivity index (χ2n) is 5.51. The van der Waals surface area contributed by atoms with E-state index in [1.807, 2.05) is 31.2 Å². The standard InChI is InChI=1S/C18H14N4O2/c1-12-4-2-3-5-14(12)10-22-11-20-17-15(18(22)23)21-16(24-17)13-6-8-19-9-7-13/h2-9,11H,10H2,1H3. The van der Waals surface area contributed by atoms with E-state index >= 15 is 0 Å². The third-order valence-electron chi connectivity index (χ3n) is 3.92. The Morgan fingerprint density at radius 2 is 1.92 bits per heavy atom. The van der Waals surface area contributed by atoms with Crippen molar-refractivity contribution in [1.29, 1.82) is 0 Å². The molecule has 6 heteroatoms. The van der Waals surface area contributed by atoms with E-state index in [1.165, 1.54) is 6.33 Å². The summed E-state index contributed by atoms with van der Waals surface area (Å²) in [5, 5.41) is 0. The van der Waals surface area contributed by atoms with E-state index in [-0.39, 0.29) is 16.8 Å². The van der Waals surface area contributed by atoms with Crippen LogP contribution in [-0.4, -0.2) is 19.5 Å². The van der Waals surface area contributed by atoms with E-state index in [2.05, 4.69) is 15.0 Å². The third kappa shape index (κ3) is 2.48. The number of rotatable bonds is 3. The number of nitrogens with zero attached hydrogens (tertiary/aromatic N) is 4. The second-order valence-corrected chi connectivity index (χ2v) is 5.51. The molecule has 0 fully saturated rings. The average molecular weight is 318 g/mol. The van der Waals surface area contributed by atoms with Gasteiger partial charge in [0.05, 0.1) is 6.54 Å². The van der Waals surface area contributed by atoms with E-state index in [4.69, 9.17) is 4.42 Å². The molecule has 6 nitrogen and oxygen atoms in total. The van der Waals surface area contributed by atoms with Crippen molar-refractivity contribution in [3.8, 4) is 11.5 Å². The van der Waals surface area contributed by atoms with Crippen LogP contribution >= 0.6 is 0 Å². The Morgan fingerprint density at radius 3 is 2.71 bits per heavy atom. The smallest absolute Gasteiger partial charge is 0.283 e. The predicted molar refractivity (Wildman–Crippen MR) is 89.6 cm³/mol. The van der Waals surface area contributed by atoms with Crippen molar-refractivity contribution in [2.24, 2.45) is 0 Å². The van der Waals surface area contributed by atoms with Crippen molar-refractivity contribution in [2.45, 2.75) is 13.5 Å². The van der Waals surface area contributed by atoms with E-state index < -0.39 is 0 Å². The summed E-state index contributed by atoms with van der Waals surface area (Å²) in [5.74, 6) is 0.366. The van der Waals surface area contributed by atoms with Gasteiger partial charge in [-0.15, -0.1) is 0 Å². The van der Waals surface area contributed by atoms with Crippen molar-refractivity contribution < 1.29 is 4.42 Å². The summed E-state index contributed by atoms with van der Waals surface area (Å²) < 4.78 is 7.15. The zero-order valence-corrected chi connectivity index (χ0v) is 13.0. The highest BCUT2D eigenvalue weighted by Gasteiger charge is 2.14. The number of fused-ring (bicyclic) bond motifs is 1. The molecule has 0 atom stereocenters. The minimum Gasteiger partial charge on any atom is -0.417 e. The van der Waals surface area contributed by atoms with Gasteiger partial charge in [-0.25, -0.2) is 9.97 Å². The summed E-state index contributed by atoms with van der Waals surface area (Å²) in [6, 6.07) is 11.5. The summed E-state index contributed by atoms with van der Waals surface area (Å²) in [7, 11) is 0. The van der Waals surface area contributed by atoms with Gasteiger partial charge in [0.2, 0.25) is 5.89 Å². The lowest BCUT2D eigenvalue weighted by Crippen LogP contribution is -2.21. The van der Waals surface area contributed by atoms with Crippen molar-refractivity contribution in [3.05, 3.63) is 76.6 Å². The van der Waals surface area contributed by atoms with Crippen LogP contribution in [0.4, 0.5) is 0 Å². The van der Waals surface area contributed by atoms with Crippen LogP contribution in [0.5, 0.6) is 0 Å². The van der Waals surface area contributed by atoms with E-state index in [0.29, 0.717) is 12.4 Å². The van der Waals surface area contributed by atoms with Gasteiger partial charge < -0.3 is 4.42 Å². The molecule has 0 saturated carbocycles. The number of oxazole rings is 1. The molecule has 0 unspecified atom stereocenters. The summed E-state index contributed by atoms with van der Waals surface area (Å²) in [6.07, 6.45) is 4.79. The predicted octanol–water partition coefficient (Wildman–Crippen LogP) is 2.80. The van der Waals surface area contributed by atoms with Gasteiger partial charge in [0.25, 0.3) is 11.3 Å². The molecule has 0 bridgehead atoms. The number of pyridine rings is 1. The lowest BCUT2D eigenvalue weighted by atomic mass is 10.1. The van der Waals surface area contributed by atoms with E-state index in [0.717, 1.165) is 16.7 Å². The summed E-state index contributed by atoms with van der Waals surface area (Å²) in [6.45, 7) is 2.47. The molecular formula is C18H14N4O2. The number of hydrogen-bond donors (Lipinski definition) is 0. The Morgan fingerprint density at radius 1 is 1.12 bits per heavy atom. The number of aryl methyl sites for hydroxylation is 1. The van der Waals surface area contributed by atoms with Crippen LogP contribution in [0.15, 0.2) is 64.3 Å². The van der Waals surface area contributed by atoms with Gasteiger partial charge in [-0.1, -0.05) is 24.3 Å². The Kier molecular flexibility index (Phi) is 3.42. The monoisotopic (exact) mass is 318 g/mol. The van der Waals surface area contributed by atoms with Crippen LogP contribution in [0.3, 0.4) is 0 Å². The molecule has 3 aromatic heterocycles. The molecule has 0 aliphatic carbocycles. The van der Waals surface area contributed by atoms with Crippen molar-refractivity contribution >= 4 is 11.2 Å². The van der Waals surface area contributed by atoms with Crippen LogP contribution in [-0.2, 0) is 6.54 Å². The highest BCUT2D eigenvalue weighted by molar-refractivity contribution is 5.71. The van der Waals surface area contributed by atoms with Crippen LogP contribution in [0.2, 0.25) is 0 Å².